The van der Waals surface area contributed by atoms with E-state index in [0.29, 0.717) is 5.71 Å². The fraction of sp³-hybridized carbons (Fsp3) is 0.667. The van der Waals surface area contributed by atoms with E-state index in [-0.39, 0.29) is 0 Å². The first-order valence-corrected chi connectivity index (χ1v) is 3.06. The third kappa shape index (κ3) is 7.04. The van der Waals surface area contributed by atoms with E-state index in [1.54, 1.807) is 0 Å². The molecule has 12 heavy (non-hydrogen) atoms. The first-order valence-electron chi connectivity index (χ1n) is 3.06. The molecular formula is C6H8F3NO2. The van der Waals surface area contributed by atoms with E-state index in [9.17, 15) is 18.0 Å². The summed E-state index contributed by atoms with van der Waals surface area (Å²) < 4.78 is 38.0. The highest BCUT2D eigenvalue weighted by Crippen LogP contribution is 2.14. The fourth-order valence-electron chi connectivity index (χ4n) is 0.358. The molecule has 0 N–H and O–H groups in total. The Hall–Kier alpha value is -1.07. The number of rotatable bonds is 1. The molecule has 6 heteroatoms. The molecule has 0 aliphatic carbocycles. The summed E-state index contributed by atoms with van der Waals surface area (Å²) >= 11 is 0. The summed E-state index contributed by atoms with van der Waals surface area (Å²) in [7, 11) is 0. The van der Waals surface area contributed by atoms with Gasteiger partial charge in [0.2, 0.25) is 0 Å². The maximum atomic E-state index is 11.4. The number of ether oxygens (including phenoxy) is 1. The van der Waals surface area contributed by atoms with Crippen LogP contribution in [0.1, 0.15) is 13.8 Å². The van der Waals surface area contributed by atoms with E-state index < -0.39 is 18.9 Å². The van der Waals surface area contributed by atoms with Crippen LogP contribution in [0.25, 0.3) is 0 Å². The van der Waals surface area contributed by atoms with E-state index in [0.717, 1.165) is 0 Å². The summed E-state index contributed by atoms with van der Waals surface area (Å²) in [6.45, 7) is 1.37. The van der Waals surface area contributed by atoms with Crippen LogP contribution in [0.3, 0.4) is 0 Å². The quantitative estimate of drug-likeness (QED) is 0.584. The van der Waals surface area contributed by atoms with Gasteiger partial charge in [0.15, 0.2) is 6.61 Å². The lowest BCUT2D eigenvalue weighted by Gasteiger charge is -2.04. The zero-order valence-corrected chi connectivity index (χ0v) is 6.60. The van der Waals surface area contributed by atoms with Crippen molar-refractivity contribution in [3.63, 3.8) is 0 Å². The average molecular weight is 183 g/mol. The summed E-state index contributed by atoms with van der Waals surface area (Å²) in [4.78, 5) is 13.5. The predicted molar refractivity (Wildman–Crippen MR) is 36.2 cm³/mol. The second-order valence-electron chi connectivity index (χ2n) is 2.23. The van der Waals surface area contributed by atoms with Gasteiger partial charge >= 0.3 is 12.3 Å². The van der Waals surface area contributed by atoms with Crippen molar-refractivity contribution in [1.29, 1.82) is 0 Å². The molecule has 0 aliphatic heterocycles. The Morgan fingerprint density at radius 3 is 2.25 bits per heavy atom. The van der Waals surface area contributed by atoms with Crippen LogP contribution >= 0.6 is 0 Å². The van der Waals surface area contributed by atoms with E-state index in [1.807, 2.05) is 0 Å². The van der Waals surface area contributed by atoms with E-state index in [4.69, 9.17) is 0 Å². The molecule has 0 saturated carbocycles. The van der Waals surface area contributed by atoms with Gasteiger partial charge < -0.3 is 4.74 Å². The highest BCUT2D eigenvalue weighted by atomic mass is 19.4. The van der Waals surface area contributed by atoms with Crippen LogP contribution in [-0.2, 0) is 4.74 Å². The van der Waals surface area contributed by atoms with Crippen molar-refractivity contribution in [2.24, 2.45) is 4.99 Å². The maximum Gasteiger partial charge on any atom is 0.433 e. The monoisotopic (exact) mass is 183 g/mol. The number of hydrogen-bond acceptors (Lipinski definition) is 2. The lowest BCUT2D eigenvalue weighted by Crippen LogP contribution is -2.19. The Morgan fingerprint density at radius 2 is 1.92 bits per heavy atom. The molecule has 0 bridgehead atoms. The molecule has 0 unspecified atom stereocenters. The van der Waals surface area contributed by atoms with Gasteiger partial charge in [-0.15, -0.1) is 0 Å². The lowest BCUT2D eigenvalue weighted by molar-refractivity contribution is -0.159. The molecule has 0 saturated heterocycles. The summed E-state index contributed by atoms with van der Waals surface area (Å²) in [6.07, 6.45) is -5.71. The second-order valence-corrected chi connectivity index (χ2v) is 2.23. The molecule has 0 fully saturated rings. The summed E-state index contributed by atoms with van der Waals surface area (Å²) in [6, 6.07) is 0. The smallest absolute Gasteiger partial charge is 0.433 e. The number of amides is 1. The molecule has 0 aromatic rings. The van der Waals surface area contributed by atoms with Crippen molar-refractivity contribution in [3.8, 4) is 0 Å². The van der Waals surface area contributed by atoms with Crippen LogP contribution < -0.4 is 0 Å². The normalized spacial score (nSPS) is 10.8. The Balaban J connectivity index is 3.81. The number of aliphatic imine (C=N–C) groups is 1. The summed E-state index contributed by atoms with van der Waals surface area (Å²) in [5, 5.41) is 0. The number of alkyl halides is 3. The molecule has 70 valence electrons. The fourth-order valence-corrected chi connectivity index (χ4v) is 0.358. The third-order valence-corrected chi connectivity index (χ3v) is 0.674. The number of halogens is 3. The van der Waals surface area contributed by atoms with Gasteiger partial charge in [-0.05, 0) is 13.8 Å². The minimum Gasteiger partial charge on any atom is -0.438 e. The van der Waals surface area contributed by atoms with Gasteiger partial charge in [0, 0.05) is 5.71 Å². The third-order valence-electron chi connectivity index (χ3n) is 0.674. The minimum atomic E-state index is -4.49. The van der Waals surface area contributed by atoms with Crippen LogP contribution in [0.15, 0.2) is 4.99 Å². The molecule has 0 aromatic carbocycles. The van der Waals surface area contributed by atoms with Crippen molar-refractivity contribution in [2.45, 2.75) is 20.0 Å². The van der Waals surface area contributed by atoms with Crippen molar-refractivity contribution in [3.05, 3.63) is 0 Å². The Kier molecular flexibility index (Phi) is 3.72. The molecule has 0 radical (unpaired) electrons. The minimum absolute atomic E-state index is 0.349. The molecule has 3 nitrogen and oxygen atoms in total. The Bertz CT molecular complexity index is 193. The number of nitrogens with zero attached hydrogens (tertiary/aromatic N) is 1. The average Bonchev–Trinajstić information content (AvgIpc) is 1.80. The van der Waals surface area contributed by atoms with Gasteiger partial charge in [-0.2, -0.15) is 18.2 Å². The molecule has 0 atom stereocenters. The first-order chi connectivity index (χ1) is 5.31. The zero-order chi connectivity index (χ0) is 9.78. The number of hydrogen-bond donors (Lipinski definition) is 0. The number of carbonyl (C=O) groups is 1. The van der Waals surface area contributed by atoms with E-state index >= 15 is 0 Å². The zero-order valence-electron chi connectivity index (χ0n) is 6.60. The topological polar surface area (TPSA) is 38.7 Å². The van der Waals surface area contributed by atoms with Crippen LogP contribution in [0, 0.1) is 0 Å². The Morgan fingerprint density at radius 1 is 1.42 bits per heavy atom. The standard InChI is InChI=1S/C6H8F3NO2/c1-4(2)10-5(11)12-3-6(7,8)9/h3H2,1-2H3. The van der Waals surface area contributed by atoms with E-state index in [2.05, 4.69) is 9.73 Å². The number of carbonyl (C=O) groups excluding carboxylic acids is 1. The summed E-state index contributed by atoms with van der Waals surface area (Å²) in [5.74, 6) is 0. The Labute approximate surface area is 67.2 Å². The van der Waals surface area contributed by atoms with Crippen molar-refractivity contribution in [1.82, 2.24) is 0 Å². The first kappa shape index (κ1) is 10.9. The van der Waals surface area contributed by atoms with Crippen molar-refractivity contribution in [2.75, 3.05) is 6.61 Å². The molecule has 0 aromatic heterocycles. The van der Waals surface area contributed by atoms with Crippen LogP contribution in [0.4, 0.5) is 18.0 Å². The molecule has 0 spiro atoms. The molecular weight excluding hydrogens is 175 g/mol. The van der Waals surface area contributed by atoms with Crippen molar-refractivity contribution < 1.29 is 22.7 Å². The van der Waals surface area contributed by atoms with Gasteiger partial charge in [0.1, 0.15) is 0 Å². The van der Waals surface area contributed by atoms with Crippen LogP contribution in [0.5, 0.6) is 0 Å². The van der Waals surface area contributed by atoms with Gasteiger partial charge in [-0.25, -0.2) is 4.79 Å². The maximum absolute atomic E-state index is 11.4. The van der Waals surface area contributed by atoms with Crippen molar-refractivity contribution >= 4 is 11.8 Å². The van der Waals surface area contributed by atoms with Gasteiger partial charge in [0.25, 0.3) is 0 Å². The molecule has 1 amide bonds. The molecule has 0 heterocycles. The molecule has 0 aliphatic rings. The van der Waals surface area contributed by atoms with Crippen LogP contribution in [-0.4, -0.2) is 24.6 Å². The second kappa shape index (κ2) is 4.08. The van der Waals surface area contributed by atoms with E-state index in [1.165, 1.54) is 13.8 Å². The van der Waals surface area contributed by atoms with Gasteiger partial charge in [-0.3, -0.25) is 0 Å². The highest BCUT2D eigenvalue weighted by molar-refractivity contribution is 5.89. The summed E-state index contributed by atoms with van der Waals surface area (Å²) in [5.41, 5.74) is 0.349. The SMILES string of the molecule is CC(C)=NC(=O)OCC(F)(F)F. The van der Waals surface area contributed by atoms with Crippen LogP contribution in [0.2, 0.25) is 0 Å². The largest absolute Gasteiger partial charge is 0.438 e. The predicted octanol–water partition coefficient (Wildman–Crippen LogP) is 2.17. The highest BCUT2D eigenvalue weighted by Gasteiger charge is 2.29. The lowest BCUT2D eigenvalue weighted by atomic mass is 10.5. The molecule has 0 rings (SSSR count). The van der Waals surface area contributed by atoms with Gasteiger partial charge in [-0.1, -0.05) is 0 Å². The van der Waals surface area contributed by atoms with Gasteiger partial charge in [0.05, 0.1) is 0 Å².